The van der Waals surface area contributed by atoms with Crippen molar-refractivity contribution in [1.29, 1.82) is 0 Å². The van der Waals surface area contributed by atoms with Gasteiger partial charge in [-0.3, -0.25) is 9.69 Å². The van der Waals surface area contributed by atoms with Gasteiger partial charge in [-0.25, -0.2) is 0 Å². The molecule has 0 spiro atoms. The van der Waals surface area contributed by atoms with E-state index in [-0.39, 0.29) is 5.91 Å². The summed E-state index contributed by atoms with van der Waals surface area (Å²) in [5.74, 6) is 0.853. The van der Waals surface area contributed by atoms with Crippen molar-refractivity contribution in [3.05, 3.63) is 0 Å². The quantitative estimate of drug-likeness (QED) is 0.607. The lowest BCUT2D eigenvalue weighted by Crippen LogP contribution is -2.45. The van der Waals surface area contributed by atoms with E-state index in [2.05, 4.69) is 11.8 Å². The highest BCUT2D eigenvalue weighted by Gasteiger charge is 2.32. The molecule has 0 saturated heterocycles. The van der Waals surface area contributed by atoms with Crippen LogP contribution < -0.4 is 5.73 Å². The van der Waals surface area contributed by atoms with Crippen molar-refractivity contribution in [3.63, 3.8) is 0 Å². The van der Waals surface area contributed by atoms with E-state index in [1.54, 1.807) is 19.1 Å². The number of methoxy groups -OCH3 is 1. The summed E-state index contributed by atoms with van der Waals surface area (Å²) in [7, 11) is 3.49. The average Bonchev–Trinajstić information content (AvgIpc) is 3.23. The molecule has 1 amide bonds. The fourth-order valence-corrected chi connectivity index (χ4v) is 2.30. The first kappa shape index (κ1) is 17.3. The fraction of sp³-hybridized carbons (Fsp3) is 0.857. The van der Waals surface area contributed by atoms with Crippen molar-refractivity contribution >= 4 is 23.1 Å². The molecule has 20 heavy (non-hydrogen) atoms. The van der Waals surface area contributed by atoms with E-state index in [4.69, 9.17) is 22.7 Å². The number of ether oxygens (including phenoxy) is 1. The third-order valence-corrected chi connectivity index (χ3v) is 4.12. The zero-order valence-corrected chi connectivity index (χ0v) is 13.6. The fourth-order valence-electron chi connectivity index (χ4n) is 2.21. The molecular weight excluding hydrogens is 274 g/mol. The third-order valence-electron chi connectivity index (χ3n) is 3.92. The number of carbonyl (C=O) groups is 1. The largest absolute Gasteiger partial charge is 0.393 e. The summed E-state index contributed by atoms with van der Waals surface area (Å²) >= 11 is 4.84. The molecule has 1 rings (SSSR count). The number of thiocarbonyl (C=S) groups is 1. The van der Waals surface area contributed by atoms with Gasteiger partial charge in [0.2, 0.25) is 5.91 Å². The Balaban J connectivity index is 2.45. The van der Waals surface area contributed by atoms with Crippen LogP contribution in [0, 0.1) is 5.92 Å². The average molecular weight is 301 g/mol. The number of nitrogens with two attached hydrogens (primary N) is 1. The maximum absolute atomic E-state index is 12.2. The molecule has 0 bridgehead atoms. The van der Waals surface area contributed by atoms with E-state index in [1.807, 2.05) is 0 Å². The minimum absolute atomic E-state index is 0.116. The molecule has 5 nitrogen and oxygen atoms in total. The van der Waals surface area contributed by atoms with Gasteiger partial charge in [-0.05, 0) is 25.7 Å². The molecule has 6 heteroatoms. The van der Waals surface area contributed by atoms with Crippen LogP contribution in [0.3, 0.4) is 0 Å². The van der Waals surface area contributed by atoms with Gasteiger partial charge in [-0.1, -0.05) is 12.2 Å². The first-order chi connectivity index (χ1) is 9.45. The summed E-state index contributed by atoms with van der Waals surface area (Å²) in [6.45, 7) is 4.68. The van der Waals surface area contributed by atoms with Crippen molar-refractivity contribution in [2.45, 2.75) is 32.2 Å². The normalized spacial score (nSPS) is 16.2. The summed E-state index contributed by atoms with van der Waals surface area (Å²) in [5.41, 5.74) is 5.47. The second-order valence-electron chi connectivity index (χ2n) is 5.57. The lowest BCUT2D eigenvalue weighted by molar-refractivity contribution is -0.131. The Morgan fingerprint density at radius 2 is 2.10 bits per heavy atom. The van der Waals surface area contributed by atoms with Crippen LogP contribution in [0.4, 0.5) is 0 Å². The molecule has 1 unspecified atom stereocenters. The molecule has 2 N–H and O–H groups in total. The van der Waals surface area contributed by atoms with Crippen LogP contribution in [-0.2, 0) is 9.53 Å². The second-order valence-corrected chi connectivity index (χ2v) is 6.10. The maximum atomic E-state index is 12.2. The summed E-state index contributed by atoms with van der Waals surface area (Å²) in [6, 6.07) is 0.443. The van der Waals surface area contributed by atoms with E-state index in [1.165, 1.54) is 12.8 Å². The van der Waals surface area contributed by atoms with Crippen LogP contribution in [-0.4, -0.2) is 67.1 Å². The van der Waals surface area contributed by atoms with Gasteiger partial charge in [0, 0.05) is 39.7 Å². The lowest BCUT2D eigenvalue weighted by atomic mass is 10.2. The van der Waals surface area contributed by atoms with Crippen LogP contribution in [0.1, 0.15) is 26.2 Å². The standard InChI is InChI=1S/C14H27N3O2S/c1-11(12-4-5-12)17(8-9-19-3)10-14(18)16(2)7-6-13(15)20/h11-12H,4-10H2,1-3H3,(H2,15,20). The smallest absolute Gasteiger partial charge is 0.236 e. The van der Waals surface area contributed by atoms with Gasteiger partial charge in [-0.2, -0.15) is 0 Å². The molecular formula is C14H27N3O2S. The van der Waals surface area contributed by atoms with Crippen LogP contribution in [0.25, 0.3) is 0 Å². The molecule has 0 aromatic carbocycles. The van der Waals surface area contributed by atoms with Crippen molar-refractivity contribution in [2.24, 2.45) is 11.7 Å². The highest BCUT2D eigenvalue weighted by Crippen LogP contribution is 2.35. The third kappa shape index (κ3) is 6.15. The van der Waals surface area contributed by atoms with Gasteiger partial charge < -0.3 is 15.4 Å². The second kappa shape index (κ2) is 8.54. The number of likely N-dealkylation sites (N-methyl/N-ethyl adjacent to an activating group) is 1. The summed E-state index contributed by atoms with van der Waals surface area (Å²) in [4.78, 5) is 16.6. The Bertz CT molecular complexity index is 334. The molecule has 0 heterocycles. The number of hydrogen-bond donors (Lipinski definition) is 1. The molecule has 1 fully saturated rings. The SMILES string of the molecule is COCCN(CC(=O)N(C)CCC(N)=S)C(C)C1CC1. The Morgan fingerprint density at radius 1 is 1.45 bits per heavy atom. The summed E-state index contributed by atoms with van der Waals surface area (Å²) in [6.07, 6.45) is 3.13. The number of carbonyl (C=O) groups excluding carboxylic acids is 1. The van der Waals surface area contributed by atoms with Gasteiger partial charge in [0.05, 0.1) is 18.1 Å². The zero-order valence-electron chi connectivity index (χ0n) is 12.8. The molecule has 0 aromatic heterocycles. The predicted molar refractivity (Wildman–Crippen MR) is 84.7 cm³/mol. The highest BCUT2D eigenvalue weighted by molar-refractivity contribution is 7.80. The van der Waals surface area contributed by atoms with Crippen LogP contribution in [0.15, 0.2) is 0 Å². The van der Waals surface area contributed by atoms with Crippen molar-refractivity contribution in [2.75, 3.05) is 40.4 Å². The van der Waals surface area contributed by atoms with E-state index in [0.29, 0.717) is 37.1 Å². The van der Waals surface area contributed by atoms with Gasteiger partial charge in [0.25, 0.3) is 0 Å². The summed E-state index contributed by atoms with van der Waals surface area (Å²) < 4.78 is 5.14. The molecule has 1 aliphatic rings. The number of hydrogen-bond acceptors (Lipinski definition) is 4. The Hall–Kier alpha value is -0.720. The lowest BCUT2D eigenvalue weighted by Gasteiger charge is -2.30. The minimum Gasteiger partial charge on any atom is -0.393 e. The molecule has 0 aromatic rings. The Morgan fingerprint density at radius 3 is 2.60 bits per heavy atom. The Labute approximate surface area is 127 Å². The van der Waals surface area contributed by atoms with Crippen molar-refractivity contribution < 1.29 is 9.53 Å². The summed E-state index contributed by atoms with van der Waals surface area (Å²) in [5, 5.41) is 0. The van der Waals surface area contributed by atoms with Crippen molar-refractivity contribution in [3.8, 4) is 0 Å². The molecule has 0 aliphatic heterocycles. The molecule has 1 aliphatic carbocycles. The van der Waals surface area contributed by atoms with E-state index in [9.17, 15) is 4.79 Å². The highest BCUT2D eigenvalue weighted by atomic mass is 32.1. The van der Waals surface area contributed by atoms with Gasteiger partial charge in [0.15, 0.2) is 0 Å². The number of rotatable bonds is 10. The molecule has 1 atom stereocenters. The number of nitrogens with zero attached hydrogens (tertiary/aromatic N) is 2. The monoisotopic (exact) mass is 301 g/mol. The number of amides is 1. The molecule has 0 radical (unpaired) electrons. The first-order valence-corrected chi connectivity index (χ1v) is 7.61. The minimum atomic E-state index is 0.116. The zero-order chi connectivity index (χ0) is 15.1. The topological polar surface area (TPSA) is 58.8 Å². The molecule has 116 valence electrons. The van der Waals surface area contributed by atoms with Crippen LogP contribution in [0.2, 0.25) is 0 Å². The first-order valence-electron chi connectivity index (χ1n) is 7.21. The van der Waals surface area contributed by atoms with Gasteiger partial charge in [0.1, 0.15) is 0 Å². The molecule has 1 saturated carbocycles. The van der Waals surface area contributed by atoms with Crippen molar-refractivity contribution in [1.82, 2.24) is 9.80 Å². The van der Waals surface area contributed by atoms with E-state index >= 15 is 0 Å². The Kier molecular flexibility index (Phi) is 7.40. The van der Waals surface area contributed by atoms with Gasteiger partial charge >= 0.3 is 0 Å². The maximum Gasteiger partial charge on any atom is 0.236 e. The van der Waals surface area contributed by atoms with Crippen LogP contribution >= 0.6 is 12.2 Å². The van der Waals surface area contributed by atoms with E-state index in [0.717, 1.165) is 12.5 Å². The van der Waals surface area contributed by atoms with E-state index < -0.39 is 0 Å². The predicted octanol–water partition coefficient (Wildman–Crippen LogP) is 0.868. The van der Waals surface area contributed by atoms with Gasteiger partial charge in [-0.15, -0.1) is 0 Å². The van der Waals surface area contributed by atoms with Crippen LogP contribution in [0.5, 0.6) is 0 Å².